The second-order valence-corrected chi connectivity index (χ2v) is 6.70. The van der Waals surface area contributed by atoms with Crippen molar-refractivity contribution < 1.29 is 8.42 Å². The quantitative estimate of drug-likeness (QED) is 0.946. The molecule has 0 fully saturated rings. The predicted molar refractivity (Wildman–Crippen MR) is 79.0 cm³/mol. The summed E-state index contributed by atoms with van der Waals surface area (Å²) in [5.74, 6) is 0. The Labute approximate surface area is 124 Å². The number of sulfonamides is 1. The molecule has 2 aromatic carbocycles. The van der Waals surface area contributed by atoms with E-state index < -0.39 is 10.0 Å². The highest BCUT2D eigenvalue weighted by Gasteiger charge is 2.28. The summed E-state index contributed by atoms with van der Waals surface area (Å²) in [6.45, 7) is 0. The Balaban J connectivity index is 1.94. The first-order valence-corrected chi connectivity index (χ1v) is 8.19. The minimum Gasteiger partial charge on any atom is -0.207 e. The monoisotopic (exact) mass is 298 g/mol. The maximum atomic E-state index is 12.5. The van der Waals surface area contributed by atoms with Crippen molar-refractivity contribution in [2.45, 2.75) is 23.8 Å². The van der Waals surface area contributed by atoms with E-state index in [0.29, 0.717) is 0 Å². The number of hydrogen-bond donors (Lipinski definition) is 1. The molecule has 1 atom stereocenters. The van der Waals surface area contributed by atoms with Crippen LogP contribution in [-0.2, 0) is 16.4 Å². The van der Waals surface area contributed by atoms with Gasteiger partial charge < -0.3 is 0 Å². The van der Waals surface area contributed by atoms with Gasteiger partial charge in [-0.15, -0.1) is 0 Å². The van der Waals surface area contributed by atoms with E-state index in [1.807, 2.05) is 30.3 Å². The van der Waals surface area contributed by atoms with E-state index in [4.69, 9.17) is 5.26 Å². The first kappa shape index (κ1) is 13.8. The number of nitriles is 1. The minimum absolute atomic E-state index is 0.0388. The minimum atomic E-state index is -3.70. The fraction of sp³-hybridized carbons (Fsp3) is 0.188. The smallest absolute Gasteiger partial charge is 0.207 e. The summed E-state index contributed by atoms with van der Waals surface area (Å²) in [5.41, 5.74) is 2.37. The molecule has 0 spiro atoms. The van der Waals surface area contributed by atoms with Crippen molar-refractivity contribution in [3.05, 3.63) is 65.2 Å². The Kier molecular flexibility index (Phi) is 3.50. The third-order valence-corrected chi connectivity index (χ3v) is 5.26. The van der Waals surface area contributed by atoms with Gasteiger partial charge in [-0.3, -0.25) is 0 Å². The molecule has 4 nitrogen and oxygen atoms in total. The average Bonchev–Trinajstić information content (AvgIpc) is 2.90. The van der Waals surface area contributed by atoms with Crippen LogP contribution in [0.2, 0.25) is 0 Å². The molecule has 3 rings (SSSR count). The van der Waals surface area contributed by atoms with Gasteiger partial charge in [-0.25, -0.2) is 13.1 Å². The van der Waals surface area contributed by atoms with E-state index in [2.05, 4.69) is 4.72 Å². The van der Waals surface area contributed by atoms with Crippen LogP contribution >= 0.6 is 0 Å². The predicted octanol–water partition coefficient (Wildman–Crippen LogP) is 2.52. The van der Waals surface area contributed by atoms with Crippen LogP contribution in [0.4, 0.5) is 0 Å². The van der Waals surface area contributed by atoms with Gasteiger partial charge in [0, 0.05) is 6.04 Å². The summed E-state index contributed by atoms with van der Waals surface area (Å²) in [6, 6.07) is 15.8. The Bertz CT molecular complexity index is 822. The van der Waals surface area contributed by atoms with Gasteiger partial charge >= 0.3 is 0 Å². The number of nitrogens with zero attached hydrogens (tertiary/aromatic N) is 1. The molecule has 0 aliphatic heterocycles. The number of aryl methyl sites for hydroxylation is 1. The highest BCUT2D eigenvalue weighted by Crippen LogP contribution is 2.32. The van der Waals surface area contributed by atoms with Crippen LogP contribution in [0.25, 0.3) is 0 Å². The largest absolute Gasteiger partial charge is 0.242 e. The molecule has 0 unspecified atom stereocenters. The zero-order valence-corrected chi connectivity index (χ0v) is 12.1. The Hall–Kier alpha value is -2.16. The van der Waals surface area contributed by atoms with Crippen LogP contribution in [-0.4, -0.2) is 8.42 Å². The number of benzene rings is 2. The molecule has 1 N–H and O–H groups in total. The molecule has 0 heterocycles. The lowest BCUT2D eigenvalue weighted by molar-refractivity contribution is 0.554. The SMILES string of the molecule is N#Cc1ccccc1S(=O)(=O)N[C@@H]1CCc2ccccc21. The highest BCUT2D eigenvalue weighted by molar-refractivity contribution is 7.89. The van der Waals surface area contributed by atoms with Gasteiger partial charge in [0.2, 0.25) is 10.0 Å². The van der Waals surface area contributed by atoms with Crippen molar-refractivity contribution in [2.24, 2.45) is 0 Å². The fourth-order valence-electron chi connectivity index (χ4n) is 2.72. The van der Waals surface area contributed by atoms with Crippen molar-refractivity contribution in [1.29, 1.82) is 5.26 Å². The van der Waals surface area contributed by atoms with Gasteiger partial charge in [0.15, 0.2) is 0 Å². The number of hydrogen-bond acceptors (Lipinski definition) is 3. The van der Waals surface area contributed by atoms with E-state index in [0.717, 1.165) is 18.4 Å². The second-order valence-electron chi connectivity index (χ2n) is 5.02. The highest BCUT2D eigenvalue weighted by atomic mass is 32.2. The van der Waals surface area contributed by atoms with Crippen LogP contribution < -0.4 is 4.72 Å². The Morgan fingerprint density at radius 2 is 1.81 bits per heavy atom. The van der Waals surface area contributed by atoms with Crippen molar-refractivity contribution in [2.75, 3.05) is 0 Å². The van der Waals surface area contributed by atoms with Gasteiger partial charge in [0.25, 0.3) is 0 Å². The summed E-state index contributed by atoms with van der Waals surface area (Å²) in [6.07, 6.45) is 1.61. The Morgan fingerprint density at radius 3 is 2.62 bits per heavy atom. The summed E-state index contributed by atoms with van der Waals surface area (Å²) < 4.78 is 27.8. The number of rotatable bonds is 3. The molecule has 5 heteroatoms. The topological polar surface area (TPSA) is 70.0 Å². The van der Waals surface area contributed by atoms with E-state index in [1.54, 1.807) is 12.1 Å². The molecular weight excluding hydrogens is 284 g/mol. The lowest BCUT2D eigenvalue weighted by atomic mass is 10.1. The maximum absolute atomic E-state index is 12.5. The maximum Gasteiger partial charge on any atom is 0.242 e. The summed E-state index contributed by atoms with van der Waals surface area (Å²) >= 11 is 0. The van der Waals surface area contributed by atoms with Gasteiger partial charge in [0.05, 0.1) is 10.5 Å². The molecule has 0 bridgehead atoms. The molecule has 21 heavy (non-hydrogen) atoms. The first-order chi connectivity index (χ1) is 10.1. The van der Waals surface area contributed by atoms with Crippen molar-refractivity contribution >= 4 is 10.0 Å². The molecule has 0 radical (unpaired) electrons. The Morgan fingerprint density at radius 1 is 1.10 bits per heavy atom. The van der Waals surface area contributed by atoms with Crippen LogP contribution in [0.1, 0.15) is 29.2 Å². The van der Waals surface area contributed by atoms with Gasteiger partial charge in [-0.05, 0) is 36.1 Å². The molecule has 1 aliphatic carbocycles. The third-order valence-electron chi connectivity index (χ3n) is 3.73. The summed E-state index contributed by atoms with van der Waals surface area (Å²) in [7, 11) is -3.70. The van der Waals surface area contributed by atoms with Gasteiger partial charge in [-0.2, -0.15) is 5.26 Å². The van der Waals surface area contributed by atoms with Crippen LogP contribution in [0.3, 0.4) is 0 Å². The lowest BCUT2D eigenvalue weighted by Crippen LogP contribution is -2.28. The fourth-order valence-corrected chi connectivity index (χ4v) is 4.13. The standard InChI is InChI=1S/C16H14N2O2S/c17-11-13-6-2-4-8-16(13)21(19,20)18-15-10-9-12-5-1-3-7-14(12)15/h1-8,15,18H,9-10H2/t15-/m1/s1. The number of fused-ring (bicyclic) bond motifs is 1. The van der Waals surface area contributed by atoms with E-state index in [-0.39, 0.29) is 16.5 Å². The first-order valence-electron chi connectivity index (χ1n) is 6.71. The van der Waals surface area contributed by atoms with Crippen molar-refractivity contribution in [1.82, 2.24) is 4.72 Å². The second kappa shape index (κ2) is 5.32. The molecule has 106 valence electrons. The average molecular weight is 298 g/mol. The summed E-state index contributed by atoms with van der Waals surface area (Å²) in [4.78, 5) is 0.0388. The van der Waals surface area contributed by atoms with E-state index in [1.165, 1.54) is 17.7 Å². The van der Waals surface area contributed by atoms with Crippen molar-refractivity contribution in [3.8, 4) is 6.07 Å². The lowest BCUT2D eigenvalue weighted by Gasteiger charge is -2.15. The molecular formula is C16H14N2O2S. The molecule has 0 aromatic heterocycles. The van der Waals surface area contributed by atoms with Crippen LogP contribution in [0.5, 0.6) is 0 Å². The van der Waals surface area contributed by atoms with Gasteiger partial charge in [0.1, 0.15) is 6.07 Å². The van der Waals surface area contributed by atoms with E-state index in [9.17, 15) is 8.42 Å². The zero-order chi connectivity index (χ0) is 14.9. The molecule has 0 saturated carbocycles. The summed E-state index contributed by atoms with van der Waals surface area (Å²) in [5, 5.41) is 9.06. The molecule has 0 amide bonds. The zero-order valence-electron chi connectivity index (χ0n) is 11.3. The normalized spacial score (nSPS) is 17.2. The van der Waals surface area contributed by atoms with E-state index >= 15 is 0 Å². The van der Waals surface area contributed by atoms with Crippen molar-refractivity contribution in [3.63, 3.8) is 0 Å². The molecule has 2 aromatic rings. The van der Waals surface area contributed by atoms with Crippen LogP contribution in [0, 0.1) is 11.3 Å². The third kappa shape index (κ3) is 2.56. The molecule has 1 aliphatic rings. The van der Waals surface area contributed by atoms with Crippen LogP contribution in [0.15, 0.2) is 53.4 Å². The molecule has 0 saturated heterocycles. The van der Waals surface area contributed by atoms with Gasteiger partial charge in [-0.1, -0.05) is 36.4 Å². The number of nitrogens with one attached hydrogen (secondary N) is 1.